The fourth-order valence-corrected chi connectivity index (χ4v) is 6.86. The zero-order valence-electron chi connectivity index (χ0n) is 24.0. The van der Waals surface area contributed by atoms with Crippen molar-refractivity contribution >= 4 is 38.8 Å². The minimum Gasteiger partial charge on any atom is -0.490 e. The van der Waals surface area contributed by atoms with Crippen LogP contribution in [0.1, 0.15) is 49.6 Å². The molecule has 0 unspecified atom stereocenters. The van der Waals surface area contributed by atoms with Gasteiger partial charge in [0.25, 0.3) is 5.91 Å². The van der Waals surface area contributed by atoms with Crippen molar-refractivity contribution in [1.29, 1.82) is 0 Å². The van der Waals surface area contributed by atoms with Crippen LogP contribution in [0, 0.1) is 0 Å². The molecular weight excluding hydrogens is 556 g/mol. The molecule has 1 aliphatic rings. The van der Waals surface area contributed by atoms with E-state index in [1.165, 1.54) is 28.7 Å². The van der Waals surface area contributed by atoms with Crippen LogP contribution in [0.5, 0.6) is 11.5 Å². The Morgan fingerprint density at radius 3 is 2.35 bits per heavy atom. The predicted molar refractivity (Wildman–Crippen MR) is 172 cm³/mol. The number of carbonyl (C=O) groups is 2. The number of aryl methyl sites for hydroxylation is 2. The van der Waals surface area contributed by atoms with Crippen molar-refractivity contribution in [3.8, 4) is 11.5 Å². The van der Waals surface area contributed by atoms with E-state index in [1.54, 1.807) is 35.2 Å². The summed E-state index contributed by atoms with van der Waals surface area (Å²) >= 11 is 1.82. The Balaban J connectivity index is 1.15. The number of ketones is 1. The number of carbonyl (C=O) groups excluding carboxylic acids is 2. The normalized spacial score (nSPS) is 12.5. The smallest absolute Gasteiger partial charge is 0.254 e. The highest BCUT2D eigenvalue weighted by Gasteiger charge is 2.22. The summed E-state index contributed by atoms with van der Waals surface area (Å²) in [7, 11) is 0. The lowest BCUT2D eigenvalue weighted by Crippen LogP contribution is -2.38. The van der Waals surface area contributed by atoms with Gasteiger partial charge in [0.15, 0.2) is 5.78 Å². The number of nitrogens with zero attached hydrogens (tertiary/aromatic N) is 1. The zero-order chi connectivity index (χ0) is 29.6. The molecule has 43 heavy (non-hydrogen) atoms. The summed E-state index contributed by atoms with van der Waals surface area (Å²) in [6.45, 7) is 0.800. The van der Waals surface area contributed by atoms with E-state index in [9.17, 15) is 9.59 Å². The van der Waals surface area contributed by atoms with Gasteiger partial charge in [-0.1, -0.05) is 60.7 Å². The monoisotopic (exact) mass is 590 g/mol. The molecular formula is C36H34N2O4S. The second-order valence-corrected chi connectivity index (χ2v) is 11.8. The number of anilines is 1. The molecule has 1 aromatic heterocycles. The minimum absolute atomic E-state index is 0.0990. The Morgan fingerprint density at radius 2 is 1.56 bits per heavy atom. The number of fused-ring (bicyclic) bond motifs is 3. The molecule has 218 valence electrons. The SMILES string of the molecule is Nc1cc(C(=O)CN(CCOc2cccc3c4c(sc23)CCCC4)C(=O)c2ccccc2)ccc1OCc1ccccc1. The van der Waals surface area contributed by atoms with Crippen molar-refractivity contribution in [2.24, 2.45) is 0 Å². The third-order valence-electron chi connectivity index (χ3n) is 7.78. The largest absolute Gasteiger partial charge is 0.490 e. The van der Waals surface area contributed by atoms with Gasteiger partial charge in [-0.2, -0.15) is 0 Å². The molecule has 0 spiro atoms. The van der Waals surface area contributed by atoms with E-state index in [2.05, 4.69) is 6.07 Å². The maximum absolute atomic E-state index is 13.5. The first-order valence-corrected chi connectivity index (χ1v) is 15.5. The van der Waals surface area contributed by atoms with Gasteiger partial charge in [0, 0.05) is 16.0 Å². The molecule has 1 aliphatic carbocycles. The van der Waals surface area contributed by atoms with Gasteiger partial charge in [-0.3, -0.25) is 9.59 Å². The number of rotatable bonds is 11. The summed E-state index contributed by atoms with van der Waals surface area (Å²) in [6, 6.07) is 30.0. The Bertz CT molecular complexity index is 1730. The molecule has 0 radical (unpaired) electrons. The van der Waals surface area contributed by atoms with Crippen LogP contribution in [-0.4, -0.2) is 36.3 Å². The highest BCUT2D eigenvalue weighted by Crippen LogP contribution is 2.40. The molecule has 1 amide bonds. The van der Waals surface area contributed by atoms with E-state index in [4.69, 9.17) is 15.2 Å². The van der Waals surface area contributed by atoms with Crippen LogP contribution in [0.4, 0.5) is 5.69 Å². The fourth-order valence-electron chi connectivity index (χ4n) is 5.51. The van der Waals surface area contributed by atoms with Crippen molar-refractivity contribution in [2.45, 2.75) is 32.3 Å². The highest BCUT2D eigenvalue weighted by atomic mass is 32.1. The van der Waals surface area contributed by atoms with Gasteiger partial charge in [-0.15, -0.1) is 11.3 Å². The van der Waals surface area contributed by atoms with Crippen molar-refractivity contribution in [3.05, 3.63) is 124 Å². The molecule has 4 aromatic carbocycles. The number of nitrogens with two attached hydrogens (primary N) is 1. The average molecular weight is 591 g/mol. The number of Topliss-reactive ketones (excluding diaryl/α,β-unsaturated/α-hetero) is 1. The van der Waals surface area contributed by atoms with Gasteiger partial charge in [-0.25, -0.2) is 0 Å². The lowest BCUT2D eigenvalue weighted by Gasteiger charge is -2.22. The molecule has 0 fully saturated rings. The summed E-state index contributed by atoms with van der Waals surface area (Å²) in [5.74, 6) is 0.904. The lowest BCUT2D eigenvalue weighted by atomic mass is 9.96. The summed E-state index contributed by atoms with van der Waals surface area (Å²) in [4.78, 5) is 29.9. The third kappa shape index (κ3) is 6.57. The van der Waals surface area contributed by atoms with E-state index in [0.29, 0.717) is 29.2 Å². The molecule has 2 N–H and O–H groups in total. The van der Waals surface area contributed by atoms with E-state index in [0.717, 1.165) is 28.9 Å². The highest BCUT2D eigenvalue weighted by molar-refractivity contribution is 7.19. The summed E-state index contributed by atoms with van der Waals surface area (Å²) in [5.41, 5.74) is 10.0. The van der Waals surface area contributed by atoms with Crippen molar-refractivity contribution in [3.63, 3.8) is 0 Å². The minimum atomic E-state index is -0.224. The van der Waals surface area contributed by atoms with Crippen molar-refractivity contribution in [2.75, 3.05) is 25.4 Å². The second kappa shape index (κ2) is 13.1. The summed E-state index contributed by atoms with van der Waals surface area (Å²) in [6.07, 6.45) is 4.70. The predicted octanol–water partition coefficient (Wildman–Crippen LogP) is 7.35. The Hall–Kier alpha value is -4.62. The van der Waals surface area contributed by atoms with Crippen LogP contribution in [0.25, 0.3) is 10.1 Å². The summed E-state index contributed by atoms with van der Waals surface area (Å²) in [5, 5.41) is 1.28. The van der Waals surface area contributed by atoms with Crippen LogP contribution in [0.3, 0.4) is 0 Å². The lowest BCUT2D eigenvalue weighted by molar-refractivity contribution is 0.0686. The van der Waals surface area contributed by atoms with E-state index in [1.807, 2.05) is 72.0 Å². The molecule has 0 saturated heterocycles. The molecule has 7 heteroatoms. The number of benzene rings is 4. The Labute approximate surface area is 255 Å². The maximum Gasteiger partial charge on any atom is 0.254 e. The number of ether oxygens (including phenoxy) is 2. The van der Waals surface area contributed by atoms with Gasteiger partial charge < -0.3 is 20.1 Å². The molecule has 6 nitrogen and oxygen atoms in total. The van der Waals surface area contributed by atoms with Crippen LogP contribution in [0.15, 0.2) is 97.1 Å². The molecule has 0 atom stereocenters. The first kappa shape index (κ1) is 28.5. The first-order valence-electron chi connectivity index (χ1n) is 14.7. The maximum atomic E-state index is 13.5. The fraction of sp³-hybridized carbons (Fsp3) is 0.222. The second-order valence-electron chi connectivity index (χ2n) is 10.7. The number of amides is 1. The molecule has 1 heterocycles. The van der Waals surface area contributed by atoms with Gasteiger partial charge in [0.2, 0.25) is 0 Å². The average Bonchev–Trinajstić information content (AvgIpc) is 3.44. The van der Waals surface area contributed by atoms with E-state index >= 15 is 0 Å². The van der Waals surface area contributed by atoms with Gasteiger partial charge >= 0.3 is 0 Å². The zero-order valence-corrected chi connectivity index (χ0v) is 24.8. The Kier molecular flexibility index (Phi) is 8.70. The van der Waals surface area contributed by atoms with Gasteiger partial charge in [0.1, 0.15) is 24.7 Å². The van der Waals surface area contributed by atoms with Crippen molar-refractivity contribution < 1.29 is 19.1 Å². The molecule has 0 bridgehead atoms. The van der Waals surface area contributed by atoms with E-state index in [-0.39, 0.29) is 31.4 Å². The standard InChI is InChI=1S/C36H34N2O4S/c37-30-22-27(18-19-32(30)42-24-25-10-3-1-4-11-25)31(39)23-38(36(40)26-12-5-2-6-13-26)20-21-41-33-16-9-15-29-28-14-7-8-17-34(28)43-35(29)33/h1-6,9-13,15-16,18-19,22H,7-8,14,17,20-21,23-24,37H2. The number of hydrogen-bond donors (Lipinski definition) is 1. The van der Waals surface area contributed by atoms with Crippen LogP contribution in [-0.2, 0) is 19.4 Å². The number of hydrogen-bond acceptors (Lipinski definition) is 6. The molecule has 0 saturated carbocycles. The number of thiophene rings is 1. The number of nitrogen functional groups attached to an aromatic ring is 1. The molecule has 6 rings (SSSR count). The van der Waals surface area contributed by atoms with Crippen LogP contribution >= 0.6 is 11.3 Å². The first-order chi connectivity index (χ1) is 21.1. The summed E-state index contributed by atoms with van der Waals surface area (Å²) < 4.78 is 13.3. The van der Waals surface area contributed by atoms with Crippen LogP contribution in [0.2, 0.25) is 0 Å². The van der Waals surface area contributed by atoms with E-state index < -0.39 is 0 Å². The van der Waals surface area contributed by atoms with Crippen molar-refractivity contribution in [1.82, 2.24) is 4.90 Å². The topological polar surface area (TPSA) is 81.9 Å². The van der Waals surface area contributed by atoms with Crippen LogP contribution < -0.4 is 15.2 Å². The molecule has 0 aliphatic heterocycles. The third-order valence-corrected chi connectivity index (χ3v) is 9.10. The quantitative estimate of drug-likeness (QED) is 0.129. The Morgan fingerprint density at radius 1 is 0.791 bits per heavy atom. The van der Waals surface area contributed by atoms with Gasteiger partial charge in [0.05, 0.1) is 23.5 Å². The molecule has 5 aromatic rings. The van der Waals surface area contributed by atoms with Gasteiger partial charge in [-0.05, 0) is 78.6 Å².